The summed E-state index contributed by atoms with van der Waals surface area (Å²) in [5.41, 5.74) is -2.79. The van der Waals surface area contributed by atoms with E-state index in [9.17, 15) is 34.2 Å². The van der Waals surface area contributed by atoms with Gasteiger partial charge in [-0.05, 0) is 6.42 Å². The molecule has 0 radical (unpaired) electrons. The number of carbonyl (C=O) groups excluding carboxylic acids is 2. The molecule has 0 aliphatic heterocycles. The number of aliphatic hydroxyl groups is 2. The smallest absolute Gasteiger partial charge is 0.377 e. The van der Waals surface area contributed by atoms with Gasteiger partial charge in [-0.1, -0.05) is 17.7 Å². The topological polar surface area (TPSA) is 159 Å². The van der Waals surface area contributed by atoms with E-state index in [1.54, 1.807) is 6.92 Å². The molecule has 0 bridgehead atoms. The molecule has 2 unspecified atom stereocenters. The van der Waals surface area contributed by atoms with Gasteiger partial charge in [0.15, 0.2) is 0 Å². The van der Waals surface area contributed by atoms with Crippen molar-refractivity contribution >= 4 is 32.9 Å². The average molecular weight is 468 g/mol. The summed E-state index contributed by atoms with van der Waals surface area (Å²) in [5.74, 6) is -0.359. The third-order valence-corrected chi connectivity index (χ3v) is 5.93. The maximum atomic E-state index is 12.5. The van der Waals surface area contributed by atoms with Crippen LogP contribution in [0.4, 0.5) is 4.79 Å². The molecule has 170 valence electrons. The van der Waals surface area contributed by atoms with E-state index in [1.807, 2.05) is 0 Å². The van der Waals surface area contributed by atoms with Gasteiger partial charge in [0.05, 0.1) is 32.7 Å². The molecule has 0 aliphatic rings. The van der Waals surface area contributed by atoms with Crippen molar-refractivity contribution in [1.82, 2.24) is 13.7 Å². The van der Waals surface area contributed by atoms with Crippen molar-refractivity contribution < 1.29 is 29.3 Å². The first kappa shape index (κ1) is 26.0. The van der Waals surface area contributed by atoms with E-state index in [0.29, 0.717) is 20.1 Å². The minimum atomic E-state index is -1.38. The first-order valence-corrected chi connectivity index (χ1v) is 11.2. The van der Waals surface area contributed by atoms with Crippen LogP contribution in [0.15, 0.2) is 14.4 Å². The number of esters is 1. The molecule has 0 aromatic carbocycles. The Morgan fingerprint density at radius 2 is 1.60 bits per heavy atom. The molecule has 2 atom stereocenters. The van der Waals surface area contributed by atoms with Gasteiger partial charge in [0.25, 0.3) is 0 Å². The summed E-state index contributed by atoms with van der Waals surface area (Å²) in [6.45, 7) is 0.393. The molecule has 0 saturated heterocycles. The van der Waals surface area contributed by atoms with E-state index in [1.165, 1.54) is 14.2 Å². The van der Waals surface area contributed by atoms with Crippen LogP contribution in [0.1, 0.15) is 19.8 Å². The van der Waals surface area contributed by atoms with Crippen LogP contribution < -0.4 is 17.1 Å². The molecule has 0 amide bonds. The third kappa shape index (κ3) is 7.66. The fraction of sp³-hybridized carbons (Fsp3) is 0.688. The summed E-state index contributed by atoms with van der Waals surface area (Å²) in [5, 5.41) is 19.3. The summed E-state index contributed by atoms with van der Waals surface area (Å²) >= 11 is 0. The van der Waals surface area contributed by atoms with Crippen LogP contribution in [0.2, 0.25) is 0 Å². The van der Waals surface area contributed by atoms with Crippen LogP contribution in [0.3, 0.4) is 0 Å². The Bertz CT molecular complexity index is 909. The lowest BCUT2D eigenvalue weighted by molar-refractivity contribution is -0.146. The van der Waals surface area contributed by atoms with Gasteiger partial charge in [0, 0.05) is 23.6 Å². The minimum absolute atomic E-state index is 0.0249. The Hall–Kier alpha value is -2.03. The van der Waals surface area contributed by atoms with Gasteiger partial charge in [-0.25, -0.2) is 32.9 Å². The van der Waals surface area contributed by atoms with E-state index >= 15 is 0 Å². The van der Waals surface area contributed by atoms with Crippen molar-refractivity contribution in [3.05, 3.63) is 31.5 Å². The van der Waals surface area contributed by atoms with Crippen molar-refractivity contribution in [3.63, 3.8) is 0 Å². The fourth-order valence-corrected chi connectivity index (χ4v) is 3.67. The zero-order valence-electron chi connectivity index (χ0n) is 16.8. The number of aliphatic hydroxyl groups excluding tert-OH is 2. The van der Waals surface area contributed by atoms with E-state index in [4.69, 9.17) is 4.74 Å². The molecule has 14 heteroatoms. The Balaban J connectivity index is 2.73. The van der Waals surface area contributed by atoms with Crippen molar-refractivity contribution in [2.24, 2.45) is 7.05 Å². The third-order valence-electron chi connectivity index (χ3n) is 3.88. The highest BCUT2D eigenvalue weighted by molar-refractivity contribution is 8.82. The summed E-state index contributed by atoms with van der Waals surface area (Å²) in [6, 6.07) is 0. The van der Waals surface area contributed by atoms with Crippen molar-refractivity contribution in [3.8, 4) is 0 Å². The molecule has 1 aromatic rings. The van der Waals surface area contributed by atoms with Crippen LogP contribution >= 0.6 is 21.6 Å². The molecule has 1 rings (SSSR count). The summed E-state index contributed by atoms with van der Waals surface area (Å²) in [4.78, 5) is 59.5. The highest BCUT2D eigenvalue weighted by Crippen LogP contribution is 2.23. The molecular formula is C16H25N3O9S2. The number of ether oxygens (including phenoxy) is 2. The number of aromatic nitrogens is 3. The number of carbonyl (C=O) groups is 2. The second-order valence-corrected chi connectivity index (χ2v) is 8.49. The van der Waals surface area contributed by atoms with Gasteiger partial charge >= 0.3 is 28.3 Å². The summed E-state index contributed by atoms with van der Waals surface area (Å²) in [7, 11) is 4.35. The van der Waals surface area contributed by atoms with E-state index < -0.39 is 53.7 Å². The maximum absolute atomic E-state index is 12.5. The number of hydrogen-bond donors (Lipinski definition) is 2. The quantitative estimate of drug-likeness (QED) is 0.231. The minimum Gasteiger partial charge on any atom is -0.463 e. The average Bonchev–Trinajstić information content (AvgIpc) is 2.73. The summed E-state index contributed by atoms with van der Waals surface area (Å²) in [6.07, 6.45) is -2.06. The lowest BCUT2D eigenvalue weighted by atomic mass is 10.3. The highest BCUT2D eigenvalue weighted by Gasteiger charge is 2.18. The van der Waals surface area contributed by atoms with Gasteiger partial charge in [-0.3, -0.25) is 4.79 Å². The summed E-state index contributed by atoms with van der Waals surface area (Å²) < 4.78 is 11.4. The van der Waals surface area contributed by atoms with E-state index in [2.05, 4.69) is 4.74 Å². The predicted molar refractivity (Wildman–Crippen MR) is 111 cm³/mol. The molecule has 0 saturated carbocycles. The van der Waals surface area contributed by atoms with Crippen molar-refractivity contribution in [2.45, 2.75) is 45.1 Å². The SMILES string of the molecule is CCC(O)Cn1c(=O)n(C)c(=O)n(CC(O)COC(=O)CCSSC(=O)OC)c1=O. The molecule has 1 aromatic heterocycles. The van der Waals surface area contributed by atoms with Gasteiger partial charge in [0.2, 0.25) is 0 Å². The Kier molecular flexibility index (Phi) is 10.9. The highest BCUT2D eigenvalue weighted by atomic mass is 33.1. The number of nitrogens with zero attached hydrogens (tertiary/aromatic N) is 3. The van der Waals surface area contributed by atoms with Crippen LogP contribution in [-0.4, -0.2) is 66.9 Å². The number of rotatable bonds is 11. The van der Waals surface area contributed by atoms with E-state index in [0.717, 1.165) is 21.6 Å². The van der Waals surface area contributed by atoms with Gasteiger partial charge in [-0.2, -0.15) is 0 Å². The van der Waals surface area contributed by atoms with Crippen LogP contribution in [0, 0.1) is 0 Å². The standard InChI is InChI=1S/C16H25N3O9S2/c1-4-10(20)7-18-13(23)17(2)14(24)19(15(18)25)8-11(21)9-28-12(22)5-6-29-30-16(26)27-3/h10-11,20-21H,4-9H2,1-3H3. The molecule has 0 aliphatic carbocycles. The van der Waals surface area contributed by atoms with Crippen molar-refractivity contribution in [1.29, 1.82) is 0 Å². The lowest BCUT2D eigenvalue weighted by Crippen LogP contribution is -2.55. The van der Waals surface area contributed by atoms with Gasteiger partial charge < -0.3 is 19.7 Å². The first-order valence-electron chi connectivity index (χ1n) is 8.92. The Labute approximate surface area is 179 Å². The molecule has 1 heterocycles. The first-order chi connectivity index (χ1) is 14.1. The number of hydrogen-bond acceptors (Lipinski definition) is 11. The Morgan fingerprint density at radius 3 is 2.13 bits per heavy atom. The number of methoxy groups -OCH3 is 1. The van der Waals surface area contributed by atoms with Crippen LogP contribution in [-0.2, 0) is 34.4 Å². The molecule has 12 nitrogen and oxygen atoms in total. The zero-order chi connectivity index (χ0) is 22.8. The molecule has 0 fully saturated rings. The largest absolute Gasteiger partial charge is 0.463 e. The molecular weight excluding hydrogens is 442 g/mol. The zero-order valence-corrected chi connectivity index (χ0v) is 18.4. The second kappa shape index (κ2) is 12.6. The lowest BCUT2D eigenvalue weighted by Gasteiger charge is -2.16. The fourth-order valence-electron chi connectivity index (χ4n) is 2.18. The molecule has 0 spiro atoms. The normalized spacial score (nSPS) is 13.0. The predicted octanol–water partition coefficient (Wildman–Crippen LogP) is -1.08. The van der Waals surface area contributed by atoms with Crippen LogP contribution in [0.5, 0.6) is 0 Å². The monoisotopic (exact) mass is 467 g/mol. The van der Waals surface area contributed by atoms with Crippen molar-refractivity contribution in [2.75, 3.05) is 19.5 Å². The Morgan fingerprint density at radius 1 is 1.03 bits per heavy atom. The van der Waals surface area contributed by atoms with Crippen LogP contribution in [0.25, 0.3) is 0 Å². The molecule has 30 heavy (non-hydrogen) atoms. The van der Waals surface area contributed by atoms with Gasteiger partial charge in [-0.15, -0.1) is 0 Å². The maximum Gasteiger partial charge on any atom is 0.377 e. The van der Waals surface area contributed by atoms with Gasteiger partial charge in [0.1, 0.15) is 12.7 Å². The molecule has 2 N–H and O–H groups in total. The second-order valence-electron chi connectivity index (χ2n) is 6.14. The van der Waals surface area contributed by atoms with E-state index in [-0.39, 0.29) is 18.7 Å².